The summed E-state index contributed by atoms with van der Waals surface area (Å²) in [5.74, 6) is -3.07. The molecule has 0 rings (SSSR count). The van der Waals surface area contributed by atoms with Crippen molar-refractivity contribution in [3.63, 3.8) is 0 Å². The number of rotatable bonds is 3. The number of allylic oxidation sites excluding steroid dienone is 2. The number of alkyl halides is 2. The SMILES string of the molecule is C.C.CC(C)/C=C\C(F)(F)C(C)C. The van der Waals surface area contributed by atoms with Crippen LogP contribution in [-0.4, -0.2) is 5.92 Å². The fraction of sp³-hybridized carbons (Fsp3) is 0.818. The second kappa shape index (κ2) is 7.05. The molecule has 0 aromatic heterocycles. The minimum absolute atomic E-state index is 0. The molecule has 0 aliphatic rings. The Morgan fingerprint density at radius 3 is 1.62 bits per heavy atom. The predicted octanol–water partition coefficient (Wildman–Crippen LogP) is 4.76. The van der Waals surface area contributed by atoms with Crippen LogP contribution in [0, 0.1) is 11.8 Å². The lowest BCUT2D eigenvalue weighted by Crippen LogP contribution is -2.20. The second-order valence-electron chi connectivity index (χ2n) is 3.43. The molecule has 0 heterocycles. The molecule has 0 radical (unpaired) electrons. The Morgan fingerprint density at radius 1 is 1.00 bits per heavy atom. The van der Waals surface area contributed by atoms with E-state index in [1.54, 1.807) is 6.08 Å². The van der Waals surface area contributed by atoms with E-state index < -0.39 is 11.8 Å². The summed E-state index contributed by atoms with van der Waals surface area (Å²) in [6.07, 6.45) is 2.54. The largest absolute Gasteiger partial charge is 0.268 e. The van der Waals surface area contributed by atoms with Gasteiger partial charge in [-0.05, 0) is 12.0 Å². The highest BCUT2D eigenvalue weighted by molar-refractivity contribution is 4.97. The van der Waals surface area contributed by atoms with Gasteiger partial charge in [-0.2, -0.15) is 0 Å². The highest BCUT2D eigenvalue weighted by Gasteiger charge is 2.29. The average Bonchev–Trinajstić information content (AvgIpc) is 1.84. The Kier molecular flexibility index (Phi) is 9.97. The van der Waals surface area contributed by atoms with E-state index >= 15 is 0 Å². The lowest BCUT2D eigenvalue weighted by Gasteiger charge is -2.15. The molecule has 0 aromatic rings. The third-order valence-electron chi connectivity index (χ3n) is 1.47. The van der Waals surface area contributed by atoms with Crippen LogP contribution in [0.5, 0.6) is 0 Å². The molecular weight excluding hydrogens is 170 g/mol. The molecule has 0 bridgehead atoms. The smallest absolute Gasteiger partial charge is 0.202 e. The first-order valence-electron chi connectivity index (χ1n) is 3.93. The van der Waals surface area contributed by atoms with Crippen LogP contribution >= 0.6 is 0 Å². The van der Waals surface area contributed by atoms with E-state index in [1.165, 1.54) is 13.8 Å². The zero-order chi connectivity index (χ0) is 9.07. The fourth-order valence-corrected chi connectivity index (χ4v) is 0.513. The topological polar surface area (TPSA) is 0 Å². The minimum Gasteiger partial charge on any atom is -0.202 e. The van der Waals surface area contributed by atoms with Crippen LogP contribution in [0.2, 0.25) is 0 Å². The summed E-state index contributed by atoms with van der Waals surface area (Å²) in [5.41, 5.74) is 0. The van der Waals surface area contributed by atoms with Crippen molar-refractivity contribution in [2.75, 3.05) is 0 Å². The molecule has 0 fully saturated rings. The van der Waals surface area contributed by atoms with Gasteiger partial charge < -0.3 is 0 Å². The molecule has 0 spiro atoms. The maximum Gasteiger partial charge on any atom is 0.268 e. The molecule has 82 valence electrons. The molecule has 0 nitrogen and oxygen atoms in total. The van der Waals surface area contributed by atoms with Crippen LogP contribution < -0.4 is 0 Å². The zero-order valence-electron chi connectivity index (χ0n) is 7.57. The van der Waals surface area contributed by atoms with Crippen molar-refractivity contribution in [1.82, 2.24) is 0 Å². The van der Waals surface area contributed by atoms with Crippen molar-refractivity contribution in [2.45, 2.75) is 48.5 Å². The summed E-state index contributed by atoms with van der Waals surface area (Å²) in [4.78, 5) is 0. The summed E-state index contributed by atoms with van der Waals surface area (Å²) >= 11 is 0. The number of hydrogen-bond donors (Lipinski definition) is 0. The molecule has 0 aliphatic carbocycles. The van der Waals surface area contributed by atoms with E-state index in [4.69, 9.17) is 0 Å². The second-order valence-corrected chi connectivity index (χ2v) is 3.43. The van der Waals surface area contributed by atoms with E-state index in [1.807, 2.05) is 13.8 Å². The van der Waals surface area contributed by atoms with E-state index in [0.29, 0.717) is 0 Å². The van der Waals surface area contributed by atoms with Gasteiger partial charge in [0.2, 0.25) is 0 Å². The third-order valence-corrected chi connectivity index (χ3v) is 1.47. The van der Waals surface area contributed by atoms with Crippen molar-refractivity contribution in [3.8, 4) is 0 Å². The standard InChI is InChI=1S/C9H16F2.2CH4/c1-7(2)5-6-9(10,11)8(3)4;;/h5-8H,1-4H3;2*1H4/b6-5-;;. The third kappa shape index (κ3) is 7.94. The summed E-state index contributed by atoms with van der Waals surface area (Å²) in [5, 5.41) is 0. The Labute approximate surface area is 82.0 Å². The quantitative estimate of drug-likeness (QED) is 0.568. The monoisotopic (exact) mass is 194 g/mol. The van der Waals surface area contributed by atoms with Crippen LogP contribution in [0.15, 0.2) is 12.2 Å². The normalized spacial score (nSPS) is 11.7. The van der Waals surface area contributed by atoms with Crippen molar-refractivity contribution < 1.29 is 8.78 Å². The van der Waals surface area contributed by atoms with E-state index in [9.17, 15) is 8.78 Å². The van der Waals surface area contributed by atoms with E-state index in [2.05, 4.69) is 0 Å². The molecule has 0 atom stereocenters. The zero-order valence-corrected chi connectivity index (χ0v) is 7.57. The van der Waals surface area contributed by atoms with E-state index in [0.717, 1.165) is 6.08 Å². The average molecular weight is 194 g/mol. The van der Waals surface area contributed by atoms with Gasteiger partial charge in [0.05, 0.1) is 0 Å². The first kappa shape index (κ1) is 18.4. The molecule has 0 aliphatic heterocycles. The van der Waals surface area contributed by atoms with Gasteiger partial charge in [0.15, 0.2) is 0 Å². The molecule has 0 saturated heterocycles. The maximum atomic E-state index is 12.8. The van der Waals surface area contributed by atoms with Gasteiger partial charge in [0, 0.05) is 5.92 Å². The lowest BCUT2D eigenvalue weighted by molar-refractivity contribution is 0.00583. The van der Waals surface area contributed by atoms with Crippen molar-refractivity contribution in [1.29, 1.82) is 0 Å². The minimum atomic E-state index is -2.65. The molecule has 0 saturated carbocycles. The highest BCUT2D eigenvalue weighted by atomic mass is 19.3. The van der Waals surface area contributed by atoms with Crippen LogP contribution in [-0.2, 0) is 0 Å². The van der Waals surface area contributed by atoms with Gasteiger partial charge >= 0.3 is 0 Å². The predicted molar refractivity (Wildman–Crippen MR) is 57.2 cm³/mol. The van der Waals surface area contributed by atoms with Gasteiger partial charge in [-0.3, -0.25) is 0 Å². The lowest BCUT2D eigenvalue weighted by atomic mass is 10.0. The van der Waals surface area contributed by atoms with Gasteiger partial charge in [-0.1, -0.05) is 48.6 Å². The Bertz CT molecular complexity index is 135. The Hall–Kier alpha value is -0.400. The van der Waals surface area contributed by atoms with Crippen LogP contribution in [0.3, 0.4) is 0 Å². The van der Waals surface area contributed by atoms with Crippen LogP contribution in [0.25, 0.3) is 0 Å². The molecule has 13 heavy (non-hydrogen) atoms. The maximum absolute atomic E-state index is 12.8. The number of halogens is 2. The summed E-state index contributed by atoms with van der Waals surface area (Å²) in [7, 11) is 0. The molecule has 0 aromatic carbocycles. The Morgan fingerprint density at radius 2 is 1.38 bits per heavy atom. The summed E-state index contributed by atoms with van der Waals surface area (Å²) in [6.45, 7) is 6.80. The Balaban J connectivity index is -0.000000500. The van der Waals surface area contributed by atoms with Crippen molar-refractivity contribution in [3.05, 3.63) is 12.2 Å². The van der Waals surface area contributed by atoms with Crippen LogP contribution in [0.4, 0.5) is 8.78 Å². The van der Waals surface area contributed by atoms with Gasteiger partial charge in [0.25, 0.3) is 5.92 Å². The van der Waals surface area contributed by atoms with Crippen molar-refractivity contribution >= 4 is 0 Å². The van der Waals surface area contributed by atoms with Gasteiger partial charge in [-0.25, -0.2) is 8.78 Å². The molecule has 0 amide bonds. The summed E-state index contributed by atoms with van der Waals surface area (Å²) < 4.78 is 25.6. The van der Waals surface area contributed by atoms with E-state index in [-0.39, 0.29) is 20.8 Å². The van der Waals surface area contributed by atoms with Crippen molar-refractivity contribution in [2.24, 2.45) is 11.8 Å². The van der Waals surface area contributed by atoms with Gasteiger partial charge in [0.1, 0.15) is 0 Å². The molecule has 2 heteroatoms. The van der Waals surface area contributed by atoms with Gasteiger partial charge in [-0.15, -0.1) is 0 Å². The highest BCUT2D eigenvalue weighted by Crippen LogP contribution is 2.25. The first-order valence-corrected chi connectivity index (χ1v) is 3.93. The molecule has 0 N–H and O–H groups in total. The first-order chi connectivity index (χ1) is 4.86. The fourth-order valence-electron chi connectivity index (χ4n) is 0.513. The summed E-state index contributed by atoms with van der Waals surface area (Å²) in [6, 6.07) is 0. The molecule has 0 unspecified atom stereocenters. The number of hydrogen-bond acceptors (Lipinski definition) is 0. The van der Waals surface area contributed by atoms with Crippen LogP contribution in [0.1, 0.15) is 42.5 Å². The molecular formula is C11H24F2.